The second kappa shape index (κ2) is 9.70. The van der Waals surface area contributed by atoms with Gasteiger partial charge in [0.25, 0.3) is 18.4 Å². The van der Waals surface area contributed by atoms with Gasteiger partial charge >= 0.3 is 5.97 Å². The number of hydrogen-bond acceptors (Lipinski definition) is 6. The van der Waals surface area contributed by atoms with Crippen molar-refractivity contribution in [2.75, 3.05) is 0 Å². The molecule has 0 amide bonds. The van der Waals surface area contributed by atoms with Gasteiger partial charge in [0.2, 0.25) is 0 Å². The Balaban J connectivity index is 2.42. The van der Waals surface area contributed by atoms with Gasteiger partial charge < -0.3 is 4.43 Å². The van der Waals surface area contributed by atoms with Gasteiger partial charge in [-0.15, -0.1) is 0 Å². The van der Waals surface area contributed by atoms with Crippen molar-refractivity contribution in [1.82, 2.24) is 0 Å². The molecular formula is C19H23N3O5SSi. The summed E-state index contributed by atoms with van der Waals surface area (Å²) in [5.74, 6) is -0.586. The molecule has 0 saturated carbocycles. The number of rotatable bonds is 9. The molecule has 0 aromatic heterocycles. The average molecular weight is 434 g/mol. The van der Waals surface area contributed by atoms with Gasteiger partial charge in [-0.3, -0.25) is 4.18 Å². The molecule has 1 unspecified atom stereocenters. The van der Waals surface area contributed by atoms with Crippen molar-refractivity contribution in [1.29, 1.82) is 0 Å². The Morgan fingerprint density at radius 3 is 2.28 bits per heavy atom. The first-order valence-corrected chi connectivity index (χ1v) is 13.3. The first-order valence-electron chi connectivity index (χ1n) is 9.11. The van der Waals surface area contributed by atoms with Crippen molar-refractivity contribution in [3.8, 4) is 0 Å². The summed E-state index contributed by atoms with van der Waals surface area (Å²) in [7, 11) is -6.46. The highest BCUT2D eigenvalue weighted by molar-refractivity contribution is 7.86. The zero-order chi connectivity index (χ0) is 21.5. The lowest BCUT2D eigenvalue weighted by molar-refractivity contribution is 0.0714. The van der Waals surface area contributed by atoms with E-state index in [1.165, 1.54) is 24.3 Å². The largest absolute Gasteiger partial charge is 0.516 e. The van der Waals surface area contributed by atoms with Crippen LogP contribution >= 0.6 is 0 Å². The predicted octanol–water partition coefficient (Wildman–Crippen LogP) is 5.17. The van der Waals surface area contributed by atoms with Crippen molar-refractivity contribution in [2.24, 2.45) is 5.11 Å². The molecule has 0 aliphatic heterocycles. The molecule has 8 nitrogen and oxygen atoms in total. The molecule has 29 heavy (non-hydrogen) atoms. The van der Waals surface area contributed by atoms with E-state index in [1.54, 1.807) is 30.3 Å². The monoisotopic (exact) mass is 433 g/mol. The van der Waals surface area contributed by atoms with E-state index in [-0.39, 0.29) is 16.0 Å². The van der Waals surface area contributed by atoms with Crippen LogP contribution in [0.2, 0.25) is 18.6 Å². The second-order valence-corrected chi connectivity index (χ2v) is 12.6. The molecule has 0 aliphatic rings. The molecule has 2 rings (SSSR count). The summed E-state index contributed by atoms with van der Waals surface area (Å²) in [6.45, 7) is 5.88. The van der Waals surface area contributed by atoms with Crippen LogP contribution in [0.15, 0.2) is 64.6 Å². The van der Waals surface area contributed by atoms with Crippen molar-refractivity contribution < 1.29 is 21.8 Å². The lowest BCUT2D eigenvalue weighted by Crippen LogP contribution is -2.35. The molecule has 2 aromatic carbocycles. The van der Waals surface area contributed by atoms with Crippen molar-refractivity contribution in [3.63, 3.8) is 0 Å². The van der Waals surface area contributed by atoms with Crippen molar-refractivity contribution in [3.05, 3.63) is 76.2 Å². The summed E-state index contributed by atoms with van der Waals surface area (Å²) in [5, 5.41) is 3.47. The van der Waals surface area contributed by atoms with Crippen LogP contribution in [0, 0.1) is 0 Å². The van der Waals surface area contributed by atoms with Crippen LogP contribution in [-0.4, -0.2) is 22.7 Å². The van der Waals surface area contributed by atoms with Gasteiger partial charge in [-0.2, -0.15) is 8.42 Å². The van der Waals surface area contributed by atoms with Gasteiger partial charge in [0.05, 0.1) is 10.5 Å². The first kappa shape index (κ1) is 22.6. The topological polar surface area (TPSA) is 118 Å². The standard InChI is InChI=1S/C19H23N3O5SSi/c1-4-29(3,5-2)27-19(23)17-14-10-9-13-16(17)18(21-22-20)26-28(24,25)15-11-7-6-8-12-15/h6-14,18H,4-5H2,1-3H3. The van der Waals surface area contributed by atoms with E-state index in [4.69, 9.17) is 14.1 Å². The molecule has 0 radical (unpaired) electrons. The molecule has 0 saturated heterocycles. The molecule has 0 fully saturated rings. The van der Waals surface area contributed by atoms with E-state index in [9.17, 15) is 13.2 Å². The minimum absolute atomic E-state index is 0.0878. The van der Waals surface area contributed by atoms with E-state index >= 15 is 0 Å². The summed E-state index contributed by atoms with van der Waals surface area (Å²) in [4.78, 5) is 15.4. The van der Waals surface area contributed by atoms with Gasteiger partial charge in [0, 0.05) is 10.5 Å². The lowest BCUT2D eigenvalue weighted by Gasteiger charge is -2.25. The Labute approximate surface area is 171 Å². The Bertz CT molecular complexity index is 1000. The minimum Gasteiger partial charge on any atom is -0.516 e. The SMILES string of the molecule is CC[Si](C)(CC)OC(=O)c1ccccc1C(N=[N+]=[N-])OS(=O)(=O)c1ccccc1. The lowest BCUT2D eigenvalue weighted by atomic mass is 10.1. The van der Waals surface area contributed by atoms with Gasteiger partial charge in [0.15, 0.2) is 6.23 Å². The molecule has 154 valence electrons. The van der Waals surface area contributed by atoms with Crippen LogP contribution < -0.4 is 0 Å². The van der Waals surface area contributed by atoms with Gasteiger partial charge in [0.1, 0.15) is 0 Å². The number of azide groups is 1. The normalized spacial score (nSPS) is 12.7. The van der Waals surface area contributed by atoms with Gasteiger partial charge in [-0.1, -0.05) is 55.4 Å². The molecule has 0 spiro atoms. The number of hydrogen-bond donors (Lipinski definition) is 0. The van der Waals surface area contributed by atoms with Gasteiger partial charge in [-0.05, 0) is 42.4 Å². The fourth-order valence-electron chi connectivity index (χ4n) is 2.51. The van der Waals surface area contributed by atoms with E-state index in [0.29, 0.717) is 0 Å². The van der Waals surface area contributed by atoms with E-state index in [1.807, 2.05) is 20.4 Å². The maximum atomic E-state index is 12.8. The third-order valence-corrected chi connectivity index (χ3v) is 9.64. The Morgan fingerprint density at radius 1 is 1.10 bits per heavy atom. The Kier molecular flexibility index (Phi) is 7.57. The average Bonchev–Trinajstić information content (AvgIpc) is 2.73. The summed E-state index contributed by atoms with van der Waals surface area (Å²) >= 11 is 0. The number of nitrogens with zero attached hydrogens (tertiary/aromatic N) is 3. The molecule has 2 aromatic rings. The van der Waals surface area contributed by atoms with Crippen molar-refractivity contribution >= 4 is 24.4 Å². The van der Waals surface area contributed by atoms with E-state index in [2.05, 4.69) is 10.0 Å². The predicted molar refractivity (Wildman–Crippen MR) is 111 cm³/mol. The maximum absolute atomic E-state index is 12.8. The van der Waals surface area contributed by atoms with Crippen LogP contribution in [0.1, 0.15) is 36.0 Å². The fraction of sp³-hybridized carbons (Fsp3) is 0.316. The summed E-state index contributed by atoms with van der Waals surface area (Å²) < 4.78 is 36.1. The van der Waals surface area contributed by atoms with Gasteiger partial charge in [-0.25, -0.2) is 4.79 Å². The number of carbonyl (C=O) groups excluding carboxylic acids is 1. The van der Waals surface area contributed by atoms with Crippen LogP contribution in [0.3, 0.4) is 0 Å². The highest BCUT2D eigenvalue weighted by Gasteiger charge is 2.32. The molecule has 0 aliphatic carbocycles. The van der Waals surface area contributed by atoms with Crippen LogP contribution in [0.5, 0.6) is 0 Å². The third-order valence-electron chi connectivity index (χ3n) is 4.69. The molecule has 0 heterocycles. The Hall–Kier alpha value is -2.65. The summed E-state index contributed by atoms with van der Waals surface area (Å²) in [6.07, 6.45) is -1.55. The molecule has 0 N–H and O–H groups in total. The van der Waals surface area contributed by atoms with E-state index in [0.717, 1.165) is 12.1 Å². The van der Waals surface area contributed by atoms with Crippen LogP contribution in [0.25, 0.3) is 10.4 Å². The smallest absolute Gasteiger partial charge is 0.325 e. The van der Waals surface area contributed by atoms with E-state index < -0.39 is 30.6 Å². The number of carbonyl (C=O) groups is 1. The zero-order valence-electron chi connectivity index (χ0n) is 16.5. The molecule has 0 bridgehead atoms. The Morgan fingerprint density at radius 2 is 1.69 bits per heavy atom. The second-order valence-electron chi connectivity index (χ2n) is 6.55. The third kappa shape index (κ3) is 5.67. The molecular weight excluding hydrogens is 410 g/mol. The summed E-state index contributed by atoms with van der Waals surface area (Å²) in [6, 6.07) is 15.2. The maximum Gasteiger partial charge on any atom is 0.325 e. The van der Waals surface area contributed by atoms with Crippen LogP contribution in [0.4, 0.5) is 0 Å². The fourth-order valence-corrected chi connectivity index (χ4v) is 4.84. The first-order chi connectivity index (χ1) is 13.8. The molecule has 1 atom stereocenters. The number of benzene rings is 2. The highest BCUT2D eigenvalue weighted by atomic mass is 32.2. The quantitative estimate of drug-likeness (QED) is 0.178. The zero-order valence-corrected chi connectivity index (χ0v) is 18.3. The molecule has 10 heteroatoms. The van der Waals surface area contributed by atoms with Crippen LogP contribution in [-0.2, 0) is 18.7 Å². The highest BCUT2D eigenvalue weighted by Crippen LogP contribution is 2.29. The summed E-state index contributed by atoms with van der Waals surface area (Å²) in [5.41, 5.74) is 9.16. The van der Waals surface area contributed by atoms with Crippen molar-refractivity contribution in [2.45, 2.75) is 43.6 Å². The minimum atomic E-state index is -4.23.